The Kier molecular flexibility index (Phi) is 5.91. The number of hydrogen-bond donors (Lipinski definition) is 1. The summed E-state index contributed by atoms with van der Waals surface area (Å²) in [7, 11) is 1.42. The van der Waals surface area contributed by atoms with Gasteiger partial charge < -0.3 is 10.1 Å². The van der Waals surface area contributed by atoms with Gasteiger partial charge in [-0.3, -0.25) is 9.59 Å². The van der Waals surface area contributed by atoms with Crippen molar-refractivity contribution in [2.75, 3.05) is 12.4 Å². The zero-order valence-corrected chi connectivity index (χ0v) is 18.8. The van der Waals surface area contributed by atoms with Gasteiger partial charge in [-0.1, -0.05) is 49.6 Å². The van der Waals surface area contributed by atoms with Crippen LogP contribution in [0.1, 0.15) is 87.2 Å². The molecule has 0 saturated heterocycles. The van der Waals surface area contributed by atoms with Crippen LogP contribution in [-0.2, 0) is 15.1 Å². The summed E-state index contributed by atoms with van der Waals surface area (Å²) < 4.78 is 6.90. The van der Waals surface area contributed by atoms with E-state index in [1.807, 2.05) is 22.9 Å². The number of benzene rings is 1. The number of fused-ring (bicyclic) bond motifs is 1. The normalized spacial score (nSPS) is 21.6. The van der Waals surface area contributed by atoms with E-state index < -0.39 is 0 Å². The molecule has 4 rings (SSSR count). The highest BCUT2D eigenvalue weighted by molar-refractivity contribution is 6.01. The van der Waals surface area contributed by atoms with E-state index in [4.69, 9.17) is 4.74 Å². The van der Waals surface area contributed by atoms with E-state index in [1.165, 1.54) is 12.7 Å². The minimum atomic E-state index is -0.305. The van der Waals surface area contributed by atoms with Gasteiger partial charge in [-0.2, -0.15) is 5.10 Å². The van der Waals surface area contributed by atoms with Crippen LogP contribution in [0.2, 0.25) is 0 Å². The van der Waals surface area contributed by atoms with Crippen molar-refractivity contribution in [2.24, 2.45) is 5.41 Å². The zero-order valence-electron chi connectivity index (χ0n) is 18.8. The first kappa shape index (κ1) is 21.6. The fourth-order valence-electron chi connectivity index (χ4n) is 5.37. The summed E-state index contributed by atoms with van der Waals surface area (Å²) in [5, 5.41) is 8.18. The SMILES string of the molecule is COC(=O)CC1(CC(=O)c2cnn3c2NC(c2ccccc2)CC3(C)C)CCCCC1. The third-order valence-electron chi connectivity index (χ3n) is 7.06. The molecule has 1 aliphatic carbocycles. The quantitative estimate of drug-likeness (QED) is 0.507. The lowest BCUT2D eigenvalue weighted by atomic mass is 9.68. The third-order valence-corrected chi connectivity index (χ3v) is 7.06. The molecule has 0 radical (unpaired) electrons. The van der Waals surface area contributed by atoms with E-state index in [0.29, 0.717) is 18.4 Å². The van der Waals surface area contributed by atoms with E-state index in [9.17, 15) is 9.59 Å². The molecule has 166 valence electrons. The predicted molar refractivity (Wildman–Crippen MR) is 120 cm³/mol. The lowest BCUT2D eigenvalue weighted by Crippen LogP contribution is -2.38. The van der Waals surface area contributed by atoms with Crippen molar-refractivity contribution in [2.45, 2.75) is 76.8 Å². The largest absolute Gasteiger partial charge is 0.469 e. The molecule has 2 heterocycles. The molecule has 1 atom stereocenters. The second-order valence-electron chi connectivity index (χ2n) is 9.86. The van der Waals surface area contributed by atoms with Gasteiger partial charge in [0.2, 0.25) is 0 Å². The number of rotatable bonds is 6. The summed E-state index contributed by atoms with van der Waals surface area (Å²) in [5.41, 5.74) is 1.31. The molecule has 1 aromatic carbocycles. The first-order valence-corrected chi connectivity index (χ1v) is 11.3. The number of methoxy groups -OCH3 is 1. The first-order valence-electron chi connectivity index (χ1n) is 11.3. The van der Waals surface area contributed by atoms with Crippen molar-refractivity contribution in [3.05, 3.63) is 47.7 Å². The molecule has 0 bridgehead atoms. The maximum absolute atomic E-state index is 13.5. The first-order chi connectivity index (χ1) is 14.8. The van der Waals surface area contributed by atoms with Crippen LogP contribution in [0.5, 0.6) is 0 Å². The van der Waals surface area contributed by atoms with Crippen LogP contribution in [0.4, 0.5) is 5.82 Å². The maximum Gasteiger partial charge on any atom is 0.306 e. The molecule has 6 nitrogen and oxygen atoms in total. The Labute approximate surface area is 184 Å². The number of aromatic nitrogens is 2. The third kappa shape index (κ3) is 4.39. The standard InChI is InChI=1S/C25H33N3O3/c1-24(2)14-20(18-10-6-4-7-11-18)27-23-19(17-26-28(23)24)21(29)15-25(16-22(30)31-3)12-8-5-9-13-25/h4,6-7,10-11,17,20,27H,5,8-9,12-16H2,1-3H3. The highest BCUT2D eigenvalue weighted by atomic mass is 16.5. The second kappa shape index (κ2) is 8.48. The van der Waals surface area contributed by atoms with Crippen molar-refractivity contribution < 1.29 is 14.3 Å². The Bertz CT molecular complexity index is 942. The van der Waals surface area contributed by atoms with Crippen molar-refractivity contribution in [3.63, 3.8) is 0 Å². The van der Waals surface area contributed by atoms with Gasteiger partial charge >= 0.3 is 5.97 Å². The van der Waals surface area contributed by atoms with Crippen LogP contribution >= 0.6 is 0 Å². The Morgan fingerprint density at radius 1 is 1.13 bits per heavy atom. The topological polar surface area (TPSA) is 73.2 Å². The lowest BCUT2D eigenvalue weighted by Gasteiger charge is -2.39. The molecule has 1 unspecified atom stereocenters. The number of anilines is 1. The Morgan fingerprint density at radius 3 is 2.52 bits per heavy atom. The molecule has 2 aromatic rings. The van der Waals surface area contributed by atoms with Crippen LogP contribution in [0.3, 0.4) is 0 Å². The van der Waals surface area contributed by atoms with E-state index in [-0.39, 0.29) is 28.7 Å². The van der Waals surface area contributed by atoms with Crippen LogP contribution in [0.15, 0.2) is 36.5 Å². The number of carbonyl (C=O) groups excluding carboxylic acids is 2. The molecule has 0 spiro atoms. The number of carbonyl (C=O) groups is 2. The van der Waals surface area contributed by atoms with Gasteiger partial charge in [0.15, 0.2) is 5.78 Å². The van der Waals surface area contributed by atoms with Gasteiger partial charge in [0, 0.05) is 6.42 Å². The molecule has 1 aromatic heterocycles. The molecule has 1 saturated carbocycles. The molecule has 1 aliphatic heterocycles. The average Bonchev–Trinajstić information content (AvgIpc) is 3.20. The van der Waals surface area contributed by atoms with E-state index in [1.54, 1.807) is 6.20 Å². The highest BCUT2D eigenvalue weighted by Crippen LogP contribution is 2.45. The van der Waals surface area contributed by atoms with Crippen molar-refractivity contribution >= 4 is 17.6 Å². The predicted octanol–water partition coefficient (Wildman–Crippen LogP) is 5.26. The maximum atomic E-state index is 13.5. The van der Waals surface area contributed by atoms with Crippen LogP contribution in [0.25, 0.3) is 0 Å². The Balaban J connectivity index is 1.62. The second-order valence-corrected chi connectivity index (χ2v) is 9.86. The van der Waals surface area contributed by atoms with Gasteiger partial charge in [0.1, 0.15) is 5.82 Å². The average molecular weight is 424 g/mol. The fraction of sp³-hybridized carbons (Fsp3) is 0.560. The van der Waals surface area contributed by atoms with E-state index in [0.717, 1.165) is 44.3 Å². The number of ketones is 1. The molecule has 1 fully saturated rings. The highest BCUT2D eigenvalue weighted by Gasteiger charge is 2.40. The van der Waals surface area contributed by atoms with E-state index >= 15 is 0 Å². The summed E-state index contributed by atoms with van der Waals surface area (Å²) in [4.78, 5) is 25.6. The summed E-state index contributed by atoms with van der Waals surface area (Å²) >= 11 is 0. The summed E-state index contributed by atoms with van der Waals surface area (Å²) in [5.74, 6) is 0.623. The number of ether oxygens (including phenoxy) is 1. The van der Waals surface area contributed by atoms with Crippen molar-refractivity contribution in [3.8, 4) is 0 Å². The fourth-order valence-corrected chi connectivity index (χ4v) is 5.37. The zero-order chi connectivity index (χ0) is 22.1. The van der Waals surface area contributed by atoms with Gasteiger partial charge in [-0.05, 0) is 44.1 Å². The Hall–Kier alpha value is -2.63. The molecular weight excluding hydrogens is 390 g/mol. The van der Waals surface area contributed by atoms with Gasteiger partial charge in [0.05, 0.1) is 36.9 Å². The molecular formula is C25H33N3O3. The number of hydrogen-bond acceptors (Lipinski definition) is 5. The van der Waals surface area contributed by atoms with Gasteiger partial charge in [-0.15, -0.1) is 0 Å². The van der Waals surface area contributed by atoms with Crippen molar-refractivity contribution in [1.29, 1.82) is 0 Å². The Morgan fingerprint density at radius 2 is 1.84 bits per heavy atom. The minimum absolute atomic E-state index is 0.0593. The van der Waals surface area contributed by atoms with Crippen LogP contribution in [0, 0.1) is 5.41 Å². The van der Waals surface area contributed by atoms with Gasteiger partial charge in [0.25, 0.3) is 0 Å². The minimum Gasteiger partial charge on any atom is -0.469 e. The summed E-state index contributed by atoms with van der Waals surface area (Å²) in [6, 6.07) is 10.5. The molecule has 0 amide bonds. The van der Waals surface area contributed by atoms with Crippen LogP contribution < -0.4 is 5.32 Å². The number of nitrogens with one attached hydrogen (secondary N) is 1. The molecule has 31 heavy (non-hydrogen) atoms. The smallest absolute Gasteiger partial charge is 0.306 e. The number of esters is 1. The summed E-state index contributed by atoms with van der Waals surface area (Å²) in [6.07, 6.45) is 8.30. The van der Waals surface area contributed by atoms with E-state index in [2.05, 4.69) is 36.4 Å². The lowest BCUT2D eigenvalue weighted by molar-refractivity contribution is -0.144. The molecule has 6 heteroatoms. The number of nitrogens with zero attached hydrogens (tertiary/aromatic N) is 2. The summed E-state index contributed by atoms with van der Waals surface area (Å²) in [6.45, 7) is 4.32. The molecule has 1 N–H and O–H groups in total. The monoisotopic (exact) mass is 423 g/mol. The van der Waals surface area contributed by atoms with Crippen LogP contribution in [-0.4, -0.2) is 28.6 Å². The number of Topliss-reactive ketones (excluding diaryl/α,β-unsaturated/α-hetero) is 1. The van der Waals surface area contributed by atoms with Gasteiger partial charge in [-0.25, -0.2) is 4.68 Å². The van der Waals surface area contributed by atoms with Crippen molar-refractivity contribution in [1.82, 2.24) is 9.78 Å². The molecule has 2 aliphatic rings.